The monoisotopic (exact) mass is 271 g/mol. The van der Waals surface area contributed by atoms with E-state index in [1.807, 2.05) is 0 Å². The maximum atomic E-state index is 12.8. The number of carbonyl (C=O) groups is 1. The van der Waals surface area contributed by atoms with Crippen LogP contribution in [0.15, 0.2) is 24.3 Å². The third-order valence-corrected chi connectivity index (χ3v) is 3.15. The molecule has 18 heavy (non-hydrogen) atoms. The molecule has 2 rings (SSSR count). The zero-order valence-corrected chi connectivity index (χ0v) is 10.9. The van der Waals surface area contributed by atoms with Gasteiger partial charge < -0.3 is 9.64 Å². The molecule has 0 aromatic heterocycles. The fourth-order valence-electron chi connectivity index (χ4n) is 1.98. The Morgan fingerprint density at radius 3 is 2.78 bits per heavy atom. The van der Waals surface area contributed by atoms with Crippen molar-refractivity contribution >= 4 is 17.5 Å². The van der Waals surface area contributed by atoms with Gasteiger partial charge in [0.15, 0.2) is 0 Å². The number of alkyl halides is 1. The molecule has 1 fully saturated rings. The highest BCUT2D eigenvalue weighted by Crippen LogP contribution is 2.23. The van der Waals surface area contributed by atoms with Crippen LogP contribution >= 0.6 is 11.6 Å². The molecule has 2 unspecified atom stereocenters. The molecule has 0 aliphatic carbocycles. The standard InChI is InChI=1S/C13H15ClFNO2/c1-9(14)13(17)16-6-7-18-12(8-16)10-2-4-11(15)5-3-10/h2-5,9,12H,6-8H2,1H3. The molecule has 1 aliphatic rings. The topological polar surface area (TPSA) is 29.5 Å². The highest BCUT2D eigenvalue weighted by Gasteiger charge is 2.27. The van der Waals surface area contributed by atoms with Crippen molar-refractivity contribution in [2.45, 2.75) is 18.4 Å². The second-order valence-corrected chi connectivity index (χ2v) is 4.97. The molecular formula is C13H15ClFNO2. The molecular weight excluding hydrogens is 257 g/mol. The van der Waals surface area contributed by atoms with Gasteiger partial charge in [0.05, 0.1) is 13.2 Å². The summed E-state index contributed by atoms with van der Waals surface area (Å²) in [5.74, 6) is -0.371. The van der Waals surface area contributed by atoms with Crippen LogP contribution in [-0.2, 0) is 9.53 Å². The fourth-order valence-corrected chi connectivity index (χ4v) is 2.12. The molecule has 1 saturated heterocycles. The number of halogens is 2. The predicted molar refractivity (Wildman–Crippen MR) is 67.0 cm³/mol. The highest BCUT2D eigenvalue weighted by atomic mass is 35.5. The lowest BCUT2D eigenvalue weighted by molar-refractivity contribution is -0.138. The van der Waals surface area contributed by atoms with Gasteiger partial charge in [-0.2, -0.15) is 0 Å². The van der Waals surface area contributed by atoms with E-state index < -0.39 is 5.38 Å². The van der Waals surface area contributed by atoms with E-state index in [4.69, 9.17) is 16.3 Å². The van der Waals surface area contributed by atoms with Crippen LogP contribution in [0.3, 0.4) is 0 Å². The Labute approximate surface area is 110 Å². The summed E-state index contributed by atoms with van der Waals surface area (Å²) in [5, 5.41) is -0.531. The van der Waals surface area contributed by atoms with Crippen molar-refractivity contribution in [2.75, 3.05) is 19.7 Å². The Morgan fingerprint density at radius 1 is 1.50 bits per heavy atom. The molecule has 98 valence electrons. The third kappa shape index (κ3) is 3.00. The van der Waals surface area contributed by atoms with Crippen LogP contribution in [0.25, 0.3) is 0 Å². The van der Waals surface area contributed by atoms with E-state index in [9.17, 15) is 9.18 Å². The molecule has 1 amide bonds. The summed E-state index contributed by atoms with van der Waals surface area (Å²) in [6.07, 6.45) is -0.210. The molecule has 1 heterocycles. The first-order chi connectivity index (χ1) is 8.58. The number of benzene rings is 1. The van der Waals surface area contributed by atoms with Crippen molar-refractivity contribution in [2.24, 2.45) is 0 Å². The van der Waals surface area contributed by atoms with Gasteiger partial charge in [0.2, 0.25) is 5.91 Å². The van der Waals surface area contributed by atoms with Gasteiger partial charge in [-0.15, -0.1) is 11.6 Å². The second-order valence-electron chi connectivity index (χ2n) is 4.31. The SMILES string of the molecule is CC(Cl)C(=O)N1CCOC(c2ccc(F)cc2)C1. The van der Waals surface area contributed by atoms with Crippen LogP contribution in [-0.4, -0.2) is 35.9 Å². The van der Waals surface area contributed by atoms with Crippen molar-refractivity contribution in [3.05, 3.63) is 35.6 Å². The zero-order valence-electron chi connectivity index (χ0n) is 10.1. The van der Waals surface area contributed by atoms with Crippen LogP contribution in [0.1, 0.15) is 18.6 Å². The lowest BCUT2D eigenvalue weighted by Gasteiger charge is -2.33. The smallest absolute Gasteiger partial charge is 0.240 e. The number of rotatable bonds is 2. The van der Waals surface area contributed by atoms with Crippen molar-refractivity contribution in [3.8, 4) is 0 Å². The third-order valence-electron chi connectivity index (χ3n) is 2.96. The van der Waals surface area contributed by atoms with Gasteiger partial charge in [-0.25, -0.2) is 4.39 Å². The first-order valence-electron chi connectivity index (χ1n) is 5.88. The Hall–Kier alpha value is -1.13. The molecule has 1 aromatic carbocycles. The average molecular weight is 272 g/mol. The summed E-state index contributed by atoms with van der Waals surface area (Å²) >= 11 is 5.79. The van der Waals surface area contributed by atoms with Gasteiger partial charge in [0.25, 0.3) is 0 Å². The minimum absolute atomic E-state index is 0.0907. The molecule has 0 radical (unpaired) electrons. The van der Waals surface area contributed by atoms with Crippen LogP contribution in [0.4, 0.5) is 4.39 Å². The summed E-state index contributed by atoms with van der Waals surface area (Å²) in [5.41, 5.74) is 0.871. The number of amides is 1. The van der Waals surface area contributed by atoms with Gasteiger partial charge >= 0.3 is 0 Å². The van der Waals surface area contributed by atoms with Crippen molar-refractivity contribution in [3.63, 3.8) is 0 Å². The molecule has 0 saturated carbocycles. The fraction of sp³-hybridized carbons (Fsp3) is 0.462. The van der Waals surface area contributed by atoms with Crippen LogP contribution < -0.4 is 0 Å². The van der Waals surface area contributed by atoms with E-state index in [1.165, 1.54) is 12.1 Å². The predicted octanol–water partition coefficient (Wildman–Crippen LogP) is 2.35. The van der Waals surface area contributed by atoms with Gasteiger partial charge in [-0.1, -0.05) is 12.1 Å². The van der Waals surface area contributed by atoms with Crippen molar-refractivity contribution < 1.29 is 13.9 Å². The second kappa shape index (κ2) is 5.67. The lowest BCUT2D eigenvalue weighted by Crippen LogP contribution is -2.44. The first kappa shape index (κ1) is 13.3. The Balaban J connectivity index is 2.07. The minimum atomic E-state index is -0.531. The Bertz CT molecular complexity index is 422. The van der Waals surface area contributed by atoms with Crippen molar-refractivity contribution in [1.29, 1.82) is 0 Å². The number of carbonyl (C=O) groups excluding carboxylic acids is 1. The van der Waals surface area contributed by atoms with Gasteiger partial charge in [0, 0.05) is 6.54 Å². The Kier molecular flexibility index (Phi) is 4.19. The lowest BCUT2D eigenvalue weighted by atomic mass is 10.1. The van der Waals surface area contributed by atoms with E-state index in [-0.39, 0.29) is 17.8 Å². The van der Waals surface area contributed by atoms with Crippen LogP contribution in [0.2, 0.25) is 0 Å². The molecule has 0 bridgehead atoms. The van der Waals surface area contributed by atoms with E-state index in [2.05, 4.69) is 0 Å². The highest BCUT2D eigenvalue weighted by molar-refractivity contribution is 6.30. The summed E-state index contributed by atoms with van der Waals surface area (Å²) in [6, 6.07) is 6.14. The van der Waals surface area contributed by atoms with E-state index >= 15 is 0 Å². The number of hydrogen-bond donors (Lipinski definition) is 0. The average Bonchev–Trinajstić information content (AvgIpc) is 2.38. The van der Waals surface area contributed by atoms with Crippen LogP contribution in [0, 0.1) is 5.82 Å². The molecule has 1 aromatic rings. The molecule has 5 heteroatoms. The number of nitrogens with zero attached hydrogens (tertiary/aromatic N) is 1. The number of hydrogen-bond acceptors (Lipinski definition) is 2. The number of ether oxygens (including phenoxy) is 1. The zero-order chi connectivity index (χ0) is 13.1. The quantitative estimate of drug-likeness (QED) is 0.773. The van der Waals surface area contributed by atoms with E-state index in [0.29, 0.717) is 19.7 Å². The normalized spacial score (nSPS) is 21.7. The maximum Gasteiger partial charge on any atom is 0.240 e. The molecule has 1 aliphatic heterocycles. The number of morpholine rings is 1. The summed E-state index contributed by atoms with van der Waals surface area (Å²) in [4.78, 5) is 13.5. The first-order valence-corrected chi connectivity index (χ1v) is 6.31. The molecule has 0 spiro atoms. The van der Waals surface area contributed by atoms with Gasteiger partial charge in [-0.05, 0) is 24.6 Å². The molecule has 3 nitrogen and oxygen atoms in total. The molecule has 2 atom stereocenters. The minimum Gasteiger partial charge on any atom is -0.370 e. The van der Waals surface area contributed by atoms with Gasteiger partial charge in [0.1, 0.15) is 17.3 Å². The largest absolute Gasteiger partial charge is 0.370 e. The van der Waals surface area contributed by atoms with E-state index in [1.54, 1.807) is 24.0 Å². The summed E-state index contributed by atoms with van der Waals surface area (Å²) in [7, 11) is 0. The van der Waals surface area contributed by atoms with Crippen LogP contribution in [0.5, 0.6) is 0 Å². The Morgan fingerprint density at radius 2 is 2.17 bits per heavy atom. The van der Waals surface area contributed by atoms with Gasteiger partial charge in [-0.3, -0.25) is 4.79 Å². The van der Waals surface area contributed by atoms with E-state index in [0.717, 1.165) is 5.56 Å². The summed E-state index contributed by atoms with van der Waals surface area (Å²) in [6.45, 7) is 3.14. The molecule has 0 N–H and O–H groups in total. The summed E-state index contributed by atoms with van der Waals surface area (Å²) < 4.78 is 18.4. The maximum absolute atomic E-state index is 12.8. The van der Waals surface area contributed by atoms with Crippen molar-refractivity contribution in [1.82, 2.24) is 4.90 Å².